The highest BCUT2D eigenvalue weighted by Crippen LogP contribution is 2.34. The molecule has 0 saturated heterocycles. The highest BCUT2D eigenvalue weighted by molar-refractivity contribution is 9.10. The van der Waals surface area contributed by atoms with Crippen LogP contribution in [0, 0.1) is 0 Å². The first kappa shape index (κ1) is 19.5. The minimum atomic E-state index is 0.0470. The molecule has 5 nitrogen and oxygen atoms in total. The lowest BCUT2D eigenvalue weighted by Crippen LogP contribution is -1.94. The summed E-state index contributed by atoms with van der Waals surface area (Å²) >= 11 is 9.44. The fourth-order valence-electron chi connectivity index (χ4n) is 2.85. The van der Waals surface area contributed by atoms with E-state index in [1.54, 1.807) is 36.5 Å². The van der Waals surface area contributed by atoms with E-state index in [1.165, 1.54) is 0 Å². The SMILES string of the molecule is CCOc1cc(Br)cc(C=Nc2cccc(-c3nc4cc(Cl)ccc4o3)c2)c1O. The maximum Gasteiger partial charge on any atom is 0.227 e. The summed E-state index contributed by atoms with van der Waals surface area (Å²) in [5.41, 5.74) is 3.40. The summed E-state index contributed by atoms with van der Waals surface area (Å²) in [4.78, 5) is 8.98. The molecule has 0 radical (unpaired) electrons. The third-order valence-electron chi connectivity index (χ3n) is 4.16. The predicted octanol–water partition coefficient (Wildman–Crippen LogP) is 6.77. The Kier molecular flexibility index (Phi) is 5.56. The minimum absolute atomic E-state index is 0.0470. The Morgan fingerprint density at radius 1 is 1.21 bits per heavy atom. The maximum absolute atomic E-state index is 10.4. The highest BCUT2D eigenvalue weighted by Gasteiger charge is 2.10. The molecule has 0 fully saturated rings. The van der Waals surface area contributed by atoms with Gasteiger partial charge in [0.1, 0.15) is 5.52 Å². The first-order chi connectivity index (χ1) is 14.0. The Balaban J connectivity index is 1.65. The second-order valence-electron chi connectivity index (χ2n) is 6.21. The van der Waals surface area contributed by atoms with Gasteiger partial charge in [0.15, 0.2) is 17.1 Å². The van der Waals surface area contributed by atoms with Crippen molar-refractivity contribution in [2.75, 3.05) is 6.61 Å². The van der Waals surface area contributed by atoms with E-state index in [0.29, 0.717) is 45.6 Å². The van der Waals surface area contributed by atoms with E-state index in [9.17, 15) is 5.11 Å². The van der Waals surface area contributed by atoms with E-state index in [2.05, 4.69) is 25.9 Å². The lowest BCUT2D eigenvalue weighted by Gasteiger charge is -2.08. The van der Waals surface area contributed by atoms with E-state index < -0.39 is 0 Å². The van der Waals surface area contributed by atoms with Crippen LogP contribution in [0.2, 0.25) is 5.02 Å². The molecule has 0 bridgehead atoms. The smallest absolute Gasteiger partial charge is 0.227 e. The number of rotatable bonds is 5. The van der Waals surface area contributed by atoms with Crippen molar-refractivity contribution in [2.45, 2.75) is 6.92 Å². The van der Waals surface area contributed by atoms with Crippen LogP contribution in [0.3, 0.4) is 0 Å². The summed E-state index contributed by atoms with van der Waals surface area (Å²) in [6.45, 7) is 2.32. The molecule has 0 aliphatic heterocycles. The number of hydrogen-bond donors (Lipinski definition) is 1. The number of halogens is 2. The molecule has 0 atom stereocenters. The Morgan fingerprint density at radius 2 is 2.07 bits per heavy atom. The molecule has 0 spiro atoms. The highest BCUT2D eigenvalue weighted by atomic mass is 79.9. The third kappa shape index (κ3) is 4.28. The van der Waals surface area contributed by atoms with Gasteiger partial charge in [0.25, 0.3) is 0 Å². The third-order valence-corrected chi connectivity index (χ3v) is 4.86. The van der Waals surface area contributed by atoms with E-state index in [1.807, 2.05) is 31.2 Å². The van der Waals surface area contributed by atoms with Gasteiger partial charge < -0.3 is 14.3 Å². The van der Waals surface area contributed by atoms with Crippen LogP contribution in [0.5, 0.6) is 11.5 Å². The summed E-state index contributed by atoms with van der Waals surface area (Å²) < 4.78 is 12.1. The summed E-state index contributed by atoms with van der Waals surface area (Å²) in [5, 5.41) is 11.0. The van der Waals surface area contributed by atoms with Gasteiger partial charge in [-0.05, 0) is 55.5 Å². The number of oxazole rings is 1. The standard InChI is InChI=1S/C22H16BrClN2O3/c1-2-28-20-10-15(23)8-14(21(20)27)12-25-17-5-3-4-13(9-17)22-26-18-11-16(24)6-7-19(18)29-22/h3-12,27H,2H2,1H3. The zero-order valence-electron chi connectivity index (χ0n) is 15.4. The Morgan fingerprint density at radius 3 is 2.90 bits per heavy atom. The summed E-state index contributed by atoms with van der Waals surface area (Å²) in [6.07, 6.45) is 1.59. The van der Waals surface area contributed by atoms with Crippen molar-refractivity contribution < 1.29 is 14.3 Å². The topological polar surface area (TPSA) is 67.9 Å². The first-order valence-corrected chi connectivity index (χ1v) is 10.1. The Hall–Kier alpha value is -2.83. The zero-order chi connectivity index (χ0) is 20.4. The molecule has 0 amide bonds. The van der Waals surface area contributed by atoms with Crippen molar-refractivity contribution >= 4 is 50.5 Å². The summed E-state index contributed by atoms with van der Waals surface area (Å²) in [7, 11) is 0. The molecule has 7 heteroatoms. The summed E-state index contributed by atoms with van der Waals surface area (Å²) in [5.74, 6) is 0.941. The molecule has 1 aromatic heterocycles. The van der Waals surface area contributed by atoms with Gasteiger partial charge >= 0.3 is 0 Å². The van der Waals surface area contributed by atoms with Crippen LogP contribution >= 0.6 is 27.5 Å². The van der Waals surface area contributed by atoms with Crippen LogP contribution in [0.1, 0.15) is 12.5 Å². The van der Waals surface area contributed by atoms with Gasteiger partial charge in [-0.15, -0.1) is 0 Å². The van der Waals surface area contributed by atoms with Crippen LogP contribution < -0.4 is 4.74 Å². The van der Waals surface area contributed by atoms with Gasteiger partial charge in [-0.2, -0.15) is 0 Å². The van der Waals surface area contributed by atoms with Crippen LogP contribution in [0.15, 0.2) is 68.5 Å². The number of benzene rings is 3. The van der Waals surface area contributed by atoms with Crippen LogP contribution in [-0.2, 0) is 0 Å². The van der Waals surface area contributed by atoms with Crippen molar-refractivity contribution in [2.24, 2.45) is 4.99 Å². The molecular formula is C22H16BrClN2O3. The summed E-state index contributed by atoms with van der Waals surface area (Å²) in [6, 6.07) is 16.3. The molecule has 3 aromatic carbocycles. The number of ether oxygens (including phenoxy) is 1. The average molecular weight is 472 g/mol. The van der Waals surface area contributed by atoms with Crippen molar-refractivity contribution in [1.82, 2.24) is 4.98 Å². The number of hydrogen-bond acceptors (Lipinski definition) is 5. The van der Waals surface area contributed by atoms with Crippen molar-refractivity contribution in [3.05, 3.63) is 69.7 Å². The number of phenolic OH excluding ortho intramolecular Hbond substituents is 1. The van der Waals surface area contributed by atoms with Crippen molar-refractivity contribution in [3.63, 3.8) is 0 Å². The molecule has 1 N–H and O–H groups in total. The number of phenols is 1. The molecule has 4 rings (SSSR count). The van der Waals surface area contributed by atoms with Crippen molar-refractivity contribution in [1.29, 1.82) is 0 Å². The van der Waals surface area contributed by atoms with Crippen LogP contribution in [0.25, 0.3) is 22.6 Å². The number of nitrogens with zero attached hydrogens (tertiary/aromatic N) is 2. The predicted molar refractivity (Wildman–Crippen MR) is 119 cm³/mol. The van der Waals surface area contributed by atoms with Gasteiger partial charge in [0.05, 0.1) is 12.3 Å². The zero-order valence-corrected chi connectivity index (χ0v) is 17.7. The Labute approximate surface area is 180 Å². The fraction of sp³-hybridized carbons (Fsp3) is 0.0909. The average Bonchev–Trinajstić information content (AvgIpc) is 3.13. The quantitative estimate of drug-likeness (QED) is 0.326. The number of fused-ring (bicyclic) bond motifs is 1. The molecule has 0 aliphatic carbocycles. The molecule has 4 aromatic rings. The second-order valence-corrected chi connectivity index (χ2v) is 7.57. The van der Waals surface area contributed by atoms with E-state index >= 15 is 0 Å². The normalized spacial score (nSPS) is 11.4. The van der Waals surface area contributed by atoms with Crippen molar-refractivity contribution in [3.8, 4) is 23.0 Å². The van der Waals surface area contributed by atoms with Gasteiger partial charge in [0.2, 0.25) is 5.89 Å². The number of aromatic nitrogens is 1. The van der Waals surface area contributed by atoms with Gasteiger partial charge in [-0.25, -0.2) is 4.98 Å². The van der Waals surface area contributed by atoms with E-state index in [-0.39, 0.29) is 5.75 Å². The monoisotopic (exact) mass is 470 g/mol. The Bertz CT molecular complexity index is 1220. The first-order valence-electron chi connectivity index (χ1n) is 8.89. The maximum atomic E-state index is 10.4. The molecular weight excluding hydrogens is 456 g/mol. The molecule has 0 aliphatic rings. The van der Waals surface area contributed by atoms with Gasteiger partial charge in [0, 0.05) is 26.8 Å². The van der Waals surface area contributed by atoms with Crippen LogP contribution in [-0.4, -0.2) is 22.9 Å². The van der Waals surface area contributed by atoms with Gasteiger partial charge in [-0.1, -0.05) is 33.6 Å². The molecule has 0 unspecified atom stereocenters. The molecule has 146 valence electrons. The number of aliphatic imine (C=N–C) groups is 1. The van der Waals surface area contributed by atoms with E-state index in [0.717, 1.165) is 10.0 Å². The molecule has 1 heterocycles. The van der Waals surface area contributed by atoms with Crippen LogP contribution in [0.4, 0.5) is 5.69 Å². The minimum Gasteiger partial charge on any atom is -0.504 e. The fourth-order valence-corrected chi connectivity index (χ4v) is 3.47. The van der Waals surface area contributed by atoms with E-state index in [4.69, 9.17) is 20.8 Å². The molecule has 0 saturated carbocycles. The van der Waals surface area contributed by atoms with Gasteiger partial charge in [-0.3, -0.25) is 4.99 Å². The second kappa shape index (κ2) is 8.27. The lowest BCUT2D eigenvalue weighted by molar-refractivity contribution is 0.317. The largest absolute Gasteiger partial charge is 0.504 e. The molecule has 29 heavy (non-hydrogen) atoms. The lowest BCUT2D eigenvalue weighted by atomic mass is 10.2. The number of aromatic hydroxyl groups is 1.